The van der Waals surface area contributed by atoms with Crippen LogP contribution in [0.1, 0.15) is 30.0 Å². The van der Waals surface area contributed by atoms with E-state index < -0.39 is 0 Å². The minimum Gasteiger partial charge on any atom is -0.398 e. The molecule has 0 spiro atoms. The Morgan fingerprint density at radius 1 is 1.35 bits per heavy atom. The van der Waals surface area contributed by atoms with E-state index in [0.29, 0.717) is 0 Å². The van der Waals surface area contributed by atoms with Gasteiger partial charge < -0.3 is 5.73 Å². The Kier molecular flexibility index (Phi) is 3.74. The molecule has 0 amide bonds. The van der Waals surface area contributed by atoms with Gasteiger partial charge in [0, 0.05) is 43.6 Å². The number of nitrogens with two attached hydrogens (primary N) is 1. The third-order valence-corrected chi connectivity index (χ3v) is 3.93. The van der Waals surface area contributed by atoms with Gasteiger partial charge in [0.05, 0.1) is 6.20 Å². The highest BCUT2D eigenvalue weighted by atomic mass is 15.3. The summed E-state index contributed by atoms with van der Waals surface area (Å²) < 4.78 is 2.03. The van der Waals surface area contributed by atoms with Gasteiger partial charge >= 0.3 is 0 Å². The number of hydrogen-bond donors (Lipinski definition) is 1. The normalized spacial score (nSPS) is 15.2. The lowest BCUT2D eigenvalue weighted by Crippen LogP contribution is -2.30. The average Bonchev–Trinajstić information content (AvgIpc) is 2.88. The van der Waals surface area contributed by atoms with E-state index >= 15 is 0 Å². The quantitative estimate of drug-likeness (QED) is 0.868. The number of fused-ring (bicyclic) bond motifs is 1. The molecule has 0 aliphatic carbocycles. The SMILES string of the molecule is CCCn1cc(CN2CCc3cccc(N)c3C2)cn1. The van der Waals surface area contributed by atoms with Crippen molar-refractivity contribution in [1.29, 1.82) is 0 Å². The van der Waals surface area contributed by atoms with E-state index in [1.807, 2.05) is 16.9 Å². The molecule has 1 aromatic heterocycles. The van der Waals surface area contributed by atoms with Gasteiger partial charge in [-0.1, -0.05) is 19.1 Å². The number of nitrogens with zero attached hydrogens (tertiary/aromatic N) is 3. The second kappa shape index (κ2) is 5.67. The molecule has 0 saturated heterocycles. The van der Waals surface area contributed by atoms with Gasteiger partial charge in [-0.05, 0) is 30.0 Å². The van der Waals surface area contributed by atoms with E-state index in [2.05, 4.69) is 35.3 Å². The Labute approximate surface area is 120 Å². The van der Waals surface area contributed by atoms with E-state index in [4.69, 9.17) is 5.73 Å². The highest BCUT2D eigenvalue weighted by Crippen LogP contribution is 2.25. The third kappa shape index (κ3) is 2.70. The zero-order chi connectivity index (χ0) is 13.9. The fraction of sp³-hybridized carbons (Fsp3) is 0.438. The number of aryl methyl sites for hydroxylation is 1. The summed E-state index contributed by atoms with van der Waals surface area (Å²) >= 11 is 0. The molecule has 0 radical (unpaired) electrons. The largest absolute Gasteiger partial charge is 0.398 e. The van der Waals surface area contributed by atoms with Crippen LogP contribution in [0.3, 0.4) is 0 Å². The first-order valence-corrected chi connectivity index (χ1v) is 7.36. The second-order valence-corrected chi connectivity index (χ2v) is 5.56. The lowest BCUT2D eigenvalue weighted by atomic mass is 9.98. The molecule has 0 bridgehead atoms. The predicted octanol–water partition coefficient (Wildman–Crippen LogP) is 2.43. The van der Waals surface area contributed by atoms with Crippen molar-refractivity contribution in [3.63, 3.8) is 0 Å². The molecule has 0 atom stereocenters. The molecule has 4 nitrogen and oxygen atoms in total. The fourth-order valence-corrected chi connectivity index (χ4v) is 2.90. The summed E-state index contributed by atoms with van der Waals surface area (Å²) in [5.41, 5.74) is 11.0. The molecule has 1 aliphatic rings. The third-order valence-electron chi connectivity index (χ3n) is 3.93. The molecule has 2 heterocycles. The molecule has 1 aliphatic heterocycles. The Morgan fingerprint density at radius 2 is 2.25 bits per heavy atom. The van der Waals surface area contributed by atoms with Crippen molar-refractivity contribution >= 4 is 5.69 Å². The van der Waals surface area contributed by atoms with Crippen LogP contribution in [0.5, 0.6) is 0 Å². The number of nitrogen functional groups attached to an aromatic ring is 1. The predicted molar refractivity (Wildman–Crippen MR) is 81.2 cm³/mol. The minimum atomic E-state index is 0.925. The van der Waals surface area contributed by atoms with E-state index in [-0.39, 0.29) is 0 Å². The standard InChI is InChI=1S/C16H22N4/c1-2-7-20-11-13(9-18-20)10-19-8-6-14-4-3-5-16(17)15(14)12-19/h3-5,9,11H,2,6-8,10,12,17H2,1H3. The highest BCUT2D eigenvalue weighted by molar-refractivity contribution is 5.51. The summed E-state index contributed by atoms with van der Waals surface area (Å²) in [6.45, 7) is 6.16. The van der Waals surface area contributed by atoms with Crippen LogP contribution in [0, 0.1) is 0 Å². The lowest BCUT2D eigenvalue weighted by molar-refractivity contribution is 0.246. The maximum Gasteiger partial charge on any atom is 0.0534 e. The first-order valence-electron chi connectivity index (χ1n) is 7.36. The zero-order valence-electron chi connectivity index (χ0n) is 12.0. The molecule has 1 aromatic carbocycles. The summed E-state index contributed by atoms with van der Waals surface area (Å²) in [4.78, 5) is 2.45. The molecule has 2 N–H and O–H groups in total. The van der Waals surface area contributed by atoms with Gasteiger partial charge in [-0.25, -0.2) is 0 Å². The van der Waals surface area contributed by atoms with Crippen LogP contribution in [0.2, 0.25) is 0 Å². The van der Waals surface area contributed by atoms with Crippen molar-refractivity contribution in [3.05, 3.63) is 47.3 Å². The van der Waals surface area contributed by atoms with Crippen LogP contribution in [-0.4, -0.2) is 21.2 Å². The number of hydrogen-bond acceptors (Lipinski definition) is 3. The van der Waals surface area contributed by atoms with Crippen molar-refractivity contribution in [2.75, 3.05) is 12.3 Å². The minimum absolute atomic E-state index is 0.925. The Hall–Kier alpha value is -1.81. The summed E-state index contributed by atoms with van der Waals surface area (Å²) in [6.07, 6.45) is 6.35. The van der Waals surface area contributed by atoms with E-state index in [9.17, 15) is 0 Å². The summed E-state index contributed by atoms with van der Waals surface area (Å²) in [6, 6.07) is 6.25. The van der Waals surface area contributed by atoms with Crippen LogP contribution in [0.4, 0.5) is 5.69 Å². The van der Waals surface area contributed by atoms with Crippen LogP contribution in [-0.2, 0) is 26.1 Å². The van der Waals surface area contributed by atoms with Gasteiger partial charge in [0.1, 0.15) is 0 Å². The van der Waals surface area contributed by atoms with Crippen molar-refractivity contribution in [1.82, 2.24) is 14.7 Å². The highest BCUT2D eigenvalue weighted by Gasteiger charge is 2.18. The lowest BCUT2D eigenvalue weighted by Gasteiger charge is -2.29. The summed E-state index contributed by atoms with van der Waals surface area (Å²) in [5, 5.41) is 4.40. The van der Waals surface area contributed by atoms with Gasteiger partial charge in [0.15, 0.2) is 0 Å². The average molecular weight is 270 g/mol. The van der Waals surface area contributed by atoms with Gasteiger partial charge in [-0.15, -0.1) is 0 Å². The first kappa shape index (κ1) is 13.2. The molecule has 4 heteroatoms. The van der Waals surface area contributed by atoms with Gasteiger partial charge in [-0.3, -0.25) is 9.58 Å². The number of anilines is 1. The molecular formula is C16H22N4. The topological polar surface area (TPSA) is 47.1 Å². The van der Waals surface area contributed by atoms with Gasteiger partial charge in [0.2, 0.25) is 0 Å². The zero-order valence-corrected chi connectivity index (χ0v) is 12.0. The Balaban J connectivity index is 1.69. The van der Waals surface area contributed by atoms with Gasteiger partial charge in [0.25, 0.3) is 0 Å². The van der Waals surface area contributed by atoms with Crippen molar-refractivity contribution in [2.45, 2.75) is 39.4 Å². The Bertz CT molecular complexity index is 588. The monoisotopic (exact) mass is 270 g/mol. The maximum atomic E-state index is 6.10. The molecule has 106 valence electrons. The van der Waals surface area contributed by atoms with Crippen molar-refractivity contribution < 1.29 is 0 Å². The van der Waals surface area contributed by atoms with Crippen molar-refractivity contribution in [3.8, 4) is 0 Å². The second-order valence-electron chi connectivity index (χ2n) is 5.56. The van der Waals surface area contributed by atoms with E-state index in [0.717, 1.165) is 44.7 Å². The number of rotatable bonds is 4. The van der Waals surface area contributed by atoms with Crippen LogP contribution < -0.4 is 5.73 Å². The van der Waals surface area contributed by atoms with Gasteiger partial charge in [-0.2, -0.15) is 5.10 Å². The molecule has 3 rings (SSSR count). The number of benzene rings is 1. The van der Waals surface area contributed by atoms with E-state index in [1.165, 1.54) is 16.7 Å². The van der Waals surface area contributed by atoms with Crippen LogP contribution >= 0.6 is 0 Å². The molecule has 0 fully saturated rings. The molecule has 0 saturated carbocycles. The molecular weight excluding hydrogens is 248 g/mol. The van der Waals surface area contributed by atoms with Crippen LogP contribution in [0.25, 0.3) is 0 Å². The maximum absolute atomic E-state index is 6.10. The Morgan fingerprint density at radius 3 is 3.10 bits per heavy atom. The van der Waals surface area contributed by atoms with Crippen LogP contribution in [0.15, 0.2) is 30.6 Å². The first-order chi connectivity index (χ1) is 9.76. The number of aromatic nitrogens is 2. The molecule has 2 aromatic rings. The van der Waals surface area contributed by atoms with Crippen molar-refractivity contribution in [2.24, 2.45) is 0 Å². The summed E-state index contributed by atoms with van der Waals surface area (Å²) in [5.74, 6) is 0. The molecule has 20 heavy (non-hydrogen) atoms. The molecule has 0 unspecified atom stereocenters. The fourth-order valence-electron chi connectivity index (χ4n) is 2.90. The van der Waals surface area contributed by atoms with E-state index in [1.54, 1.807) is 0 Å². The smallest absolute Gasteiger partial charge is 0.0534 e. The summed E-state index contributed by atoms with van der Waals surface area (Å²) in [7, 11) is 0.